The Bertz CT molecular complexity index is 1090. The van der Waals surface area contributed by atoms with Crippen molar-refractivity contribution in [1.29, 1.82) is 0 Å². The van der Waals surface area contributed by atoms with E-state index in [1.54, 1.807) is 21.7 Å². The SMILES string of the molecule is C=CC(=O)N1CC[C@](Nc2ccc3scnc3c2)(c2c(F)ccc(Cl)c2Cl)C1. The van der Waals surface area contributed by atoms with Gasteiger partial charge in [-0.25, -0.2) is 9.37 Å². The number of hydrogen-bond acceptors (Lipinski definition) is 4. The predicted molar refractivity (Wildman–Crippen MR) is 113 cm³/mol. The molecule has 1 aromatic heterocycles. The summed E-state index contributed by atoms with van der Waals surface area (Å²) in [6.07, 6.45) is 1.73. The van der Waals surface area contributed by atoms with Gasteiger partial charge in [0.1, 0.15) is 5.82 Å². The lowest BCUT2D eigenvalue weighted by Crippen LogP contribution is -2.41. The summed E-state index contributed by atoms with van der Waals surface area (Å²) in [6, 6.07) is 8.51. The number of anilines is 1. The van der Waals surface area contributed by atoms with Crippen LogP contribution in [0.4, 0.5) is 10.1 Å². The fourth-order valence-electron chi connectivity index (χ4n) is 3.67. The van der Waals surface area contributed by atoms with Gasteiger partial charge in [0.2, 0.25) is 5.91 Å². The number of benzene rings is 2. The van der Waals surface area contributed by atoms with Gasteiger partial charge in [0.05, 0.1) is 31.3 Å². The topological polar surface area (TPSA) is 45.2 Å². The Balaban J connectivity index is 1.81. The summed E-state index contributed by atoms with van der Waals surface area (Å²) in [5.74, 6) is -0.679. The van der Waals surface area contributed by atoms with Gasteiger partial charge in [0.15, 0.2) is 0 Å². The van der Waals surface area contributed by atoms with Crippen molar-refractivity contribution in [2.75, 3.05) is 18.4 Å². The van der Waals surface area contributed by atoms with E-state index in [9.17, 15) is 9.18 Å². The lowest BCUT2D eigenvalue weighted by molar-refractivity contribution is -0.125. The lowest BCUT2D eigenvalue weighted by Gasteiger charge is -2.33. The van der Waals surface area contributed by atoms with Gasteiger partial charge in [0, 0.05) is 24.3 Å². The number of nitrogens with zero attached hydrogens (tertiary/aromatic N) is 2. The van der Waals surface area contributed by atoms with Gasteiger partial charge in [-0.3, -0.25) is 4.79 Å². The first-order valence-corrected chi connectivity index (χ1v) is 10.2. The first-order chi connectivity index (χ1) is 13.4. The average Bonchev–Trinajstić information content (AvgIpc) is 3.32. The third-order valence-electron chi connectivity index (χ3n) is 4.99. The van der Waals surface area contributed by atoms with Gasteiger partial charge in [-0.15, -0.1) is 11.3 Å². The molecule has 28 heavy (non-hydrogen) atoms. The van der Waals surface area contributed by atoms with Crippen molar-refractivity contribution >= 4 is 56.3 Å². The normalized spacial score (nSPS) is 19.2. The van der Waals surface area contributed by atoms with Crippen LogP contribution in [0.2, 0.25) is 10.0 Å². The first kappa shape index (κ1) is 19.2. The van der Waals surface area contributed by atoms with E-state index in [-0.39, 0.29) is 28.1 Å². The fourth-order valence-corrected chi connectivity index (χ4v) is 4.82. The van der Waals surface area contributed by atoms with Crippen molar-refractivity contribution in [3.05, 3.63) is 69.9 Å². The number of carbonyl (C=O) groups is 1. The molecule has 0 saturated carbocycles. The number of likely N-dealkylation sites (tertiary alicyclic amines) is 1. The summed E-state index contributed by atoms with van der Waals surface area (Å²) in [7, 11) is 0. The number of halogens is 3. The van der Waals surface area contributed by atoms with Crippen LogP contribution in [0.3, 0.4) is 0 Å². The van der Waals surface area contributed by atoms with Gasteiger partial charge in [-0.2, -0.15) is 0 Å². The Labute approximate surface area is 175 Å². The molecule has 144 valence electrons. The van der Waals surface area contributed by atoms with Gasteiger partial charge >= 0.3 is 0 Å². The molecule has 0 unspecified atom stereocenters. The smallest absolute Gasteiger partial charge is 0.246 e. The molecule has 8 heteroatoms. The third kappa shape index (κ3) is 3.26. The van der Waals surface area contributed by atoms with Crippen LogP contribution in [0.25, 0.3) is 10.2 Å². The number of fused-ring (bicyclic) bond motifs is 1. The van der Waals surface area contributed by atoms with Crippen LogP contribution in [0, 0.1) is 5.82 Å². The van der Waals surface area contributed by atoms with Crippen LogP contribution in [0.5, 0.6) is 0 Å². The molecule has 1 amide bonds. The summed E-state index contributed by atoms with van der Waals surface area (Å²) in [5.41, 5.74) is 2.73. The highest BCUT2D eigenvalue weighted by Crippen LogP contribution is 2.43. The second-order valence-corrected chi connectivity index (χ2v) is 8.35. The molecule has 1 atom stereocenters. The molecule has 2 heterocycles. The molecule has 0 spiro atoms. The number of carbonyl (C=O) groups excluding carboxylic acids is 1. The van der Waals surface area contributed by atoms with Crippen LogP contribution in [-0.2, 0) is 10.3 Å². The highest BCUT2D eigenvalue weighted by atomic mass is 35.5. The molecule has 4 nitrogen and oxygen atoms in total. The third-order valence-corrected chi connectivity index (χ3v) is 6.61. The zero-order valence-corrected chi connectivity index (χ0v) is 17.0. The standard InChI is InChI=1S/C20H16Cl2FN3OS/c1-2-17(27)26-8-7-20(10-26,18-14(23)5-4-13(21)19(18)22)25-12-3-6-16-15(9-12)24-11-28-16/h2-6,9,11,25H,1,7-8,10H2/t20-/m1/s1. The first-order valence-electron chi connectivity index (χ1n) is 8.60. The minimum atomic E-state index is -0.922. The molecule has 1 N–H and O–H groups in total. The number of hydrogen-bond donors (Lipinski definition) is 1. The molecule has 1 saturated heterocycles. The molecule has 0 radical (unpaired) electrons. The number of nitrogens with one attached hydrogen (secondary N) is 1. The van der Waals surface area contributed by atoms with E-state index < -0.39 is 11.4 Å². The van der Waals surface area contributed by atoms with E-state index in [0.29, 0.717) is 13.0 Å². The minimum absolute atomic E-state index is 0.150. The van der Waals surface area contributed by atoms with Crippen molar-refractivity contribution in [3.8, 4) is 0 Å². The van der Waals surface area contributed by atoms with E-state index in [0.717, 1.165) is 15.9 Å². The van der Waals surface area contributed by atoms with E-state index in [2.05, 4.69) is 16.9 Å². The Morgan fingerprint density at radius 3 is 2.96 bits per heavy atom. The van der Waals surface area contributed by atoms with E-state index in [1.807, 2.05) is 18.2 Å². The largest absolute Gasteiger partial charge is 0.373 e. The summed E-state index contributed by atoms with van der Waals surface area (Å²) in [4.78, 5) is 18.1. The molecular formula is C20H16Cl2FN3OS. The number of amides is 1. The maximum Gasteiger partial charge on any atom is 0.246 e. The van der Waals surface area contributed by atoms with Crippen molar-refractivity contribution in [2.45, 2.75) is 12.0 Å². The molecule has 0 aliphatic carbocycles. The zero-order valence-electron chi connectivity index (χ0n) is 14.7. The summed E-state index contributed by atoms with van der Waals surface area (Å²) in [6.45, 7) is 4.23. The van der Waals surface area contributed by atoms with Crippen molar-refractivity contribution < 1.29 is 9.18 Å². The second-order valence-electron chi connectivity index (χ2n) is 6.67. The van der Waals surface area contributed by atoms with Gasteiger partial charge < -0.3 is 10.2 Å². The summed E-state index contributed by atoms with van der Waals surface area (Å²) >= 11 is 14.2. The molecular weight excluding hydrogens is 420 g/mol. The minimum Gasteiger partial charge on any atom is -0.373 e. The second kappa shape index (κ2) is 7.35. The van der Waals surface area contributed by atoms with Crippen molar-refractivity contribution in [2.24, 2.45) is 0 Å². The highest BCUT2D eigenvalue weighted by molar-refractivity contribution is 7.16. The average molecular weight is 436 g/mol. The molecule has 1 fully saturated rings. The maximum absolute atomic E-state index is 14.9. The molecule has 0 bridgehead atoms. The van der Waals surface area contributed by atoms with Gasteiger partial charge in [-0.05, 0) is 42.8 Å². The molecule has 3 aromatic rings. The summed E-state index contributed by atoms with van der Waals surface area (Å²) in [5, 5.41) is 3.84. The molecule has 4 rings (SSSR count). The maximum atomic E-state index is 14.9. The van der Waals surface area contributed by atoms with Crippen LogP contribution >= 0.6 is 34.5 Å². The van der Waals surface area contributed by atoms with Crippen LogP contribution in [-0.4, -0.2) is 28.9 Å². The summed E-state index contributed by atoms with van der Waals surface area (Å²) < 4.78 is 16.0. The van der Waals surface area contributed by atoms with Gasteiger partial charge in [0.25, 0.3) is 0 Å². The van der Waals surface area contributed by atoms with Crippen LogP contribution in [0.1, 0.15) is 12.0 Å². The molecule has 2 aromatic carbocycles. The Morgan fingerprint density at radius 1 is 1.36 bits per heavy atom. The lowest BCUT2D eigenvalue weighted by atomic mass is 9.87. The Morgan fingerprint density at radius 2 is 2.18 bits per heavy atom. The van der Waals surface area contributed by atoms with Gasteiger partial charge in [-0.1, -0.05) is 29.8 Å². The number of aromatic nitrogens is 1. The highest BCUT2D eigenvalue weighted by Gasteiger charge is 2.44. The monoisotopic (exact) mass is 435 g/mol. The predicted octanol–water partition coefficient (Wildman–Crippen LogP) is 5.47. The van der Waals surface area contributed by atoms with Crippen LogP contribution in [0.15, 0.2) is 48.5 Å². The Hall–Kier alpha value is -2.15. The molecule has 1 aliphatic heterocycles. The Kier molecular flexibility index (Phi) is 5.04. The van der Waals surface area contributed by atoms with E-state index >= 15 is 0 Å². The van der Waals surface area contributed by atoms with Crippen molar-refractivity contribution in [1.82, 2.24) is 9.88 Å². The van der Waals surface area contributed by atoms with E-state index in [4.69, 9.17) is 23.2 Å². The van der Waals surface area contributed by atoms with Crippen LogP contribution < -0.4 is 5.32 Å². The number of rotatable bonds is 4. The van der Waals surface area contributed by atoms with E-state index in [1.165, 1.54) is 18.2 Å². The molecule has 1 aliphatic rings. The zero-order chi connectivity index (χ0) is 19.9. The fraction of sp³-hybridized carbons (Fsp3) is 0.200. The van der Waals surface area contributed by atoms with Crippen molar-refractivity contribution in [3.63, 3.8) is 0 Å². The quantitative estimate of drug-likeness (QED) is 0.436. The number of thiazole rings is 1.